The molecule has 0 aliphatic heterocycles. The molecule has 0 spiro atoms. The molecular weight excluding hydrogens is 385 g/mol. The lowest BCUT2D eigenvalue weighted by molar-refractivity contribution is -0.123. The van der Waals surface area contributed by atoms with E-state index in [1.807, 2.05) is 35.9 Å². The number of para-hydroxylation sites is 1. The molecule has 0 saturated carbocycles. The minimum Gasteiger partial charge on any atom is -0.496 e. The van der Waals surface area contributed by atoms with Crippen LogP contribution in [0, 0.1) is 5.82 Å². The van der Waals surface area contributed by atoms with Crippen LogP contribution in [0.3, 0.4) is 0 Å². The van der Waals surface area contributed by atoms with Crippen molar-refractivity contribution in [2.75, 3.05) is 13.7 Å². The fourth-order valence-corrected chi connectivity index (χ4v) is 3.00. The van der Waals surface area contributed by atoms with Crippen LogP contribution in [0.1, 0.15) is 17.4 Å². The van der Waals surface area contributed by atoms with Gasteiger partial charge in [-0.1, -0.05) is 29.8 Å². The Balaban J connectivity index is 1.80. The second-order valence-corrected chi connectivity index (χ2v) is 6.41. The maximum absolute atomic E-state index is 13.1. The first-order valence-corrected chi connectivity index (χ1v) is 8.84. The second-order valence-electron chi connectivity index (χ2n) is 6.00. The SMILES string of the molecule is COc1ccccc1C(NC(=O)COc1ccc(F)cc1Cl)c1nccn1C. The molecule has 0 aliphatic rings. The van der Waals surface area contributed by atoms with E-state index in [0.29, 0.717) is 11.6 Å². The van der Waals surface area contributed by atoms with Crippen LogP contribution in [0.2, 0.25) is 5.02 Å². The van der Waals surface area contributed by atoms with Gasteiger partial charge in [-0.2, -0.15) is 0 Å². The minimum absolute atomic E-state index is 0.0955. The zero-order valence-electron chi connectivity index (χ0n) is 15.4. The maximum Gasteiger partial charge on any atom is 0.258 e. The summed E-state index contributed by atoms with van der Waals surface area (Å²) in [5, 5.41) is 3.00. The van der Waals surface area contributed by atoms with Gasteiger partial charge in [0.2, 0.25) is 0 Å². The molecule has 0 saturated heterocycles. The number of carbonyl (C=O) groups excluding carboxylic acids is 1. The molecule has 0 bridgehead atoms. The zero-order chi connectivity index (χ0) is 20.1. The summed E-state index contributed by atoms with van der Waals surface area (Å²) in [6.45, 7) is -0.290. The number of methoxy groups -OCH3 is 1. The Morgan fingerprint density at radius 2 is 2.07 bits per heavy atom. The van der Waals surface area contributed by atoms with Gasteiger partial charge in [0, 0.05) is 25.0 Å². The van der Waals surface area contributed by atoms with Crippen molar-refractivity contribution in [2.24, 2.45) is 7.05 Å². The average molecular weight is 404 g/mol. The summed E-state index contributed by atoms with van der Waals surface area (Å²) in [5.41, 5.74) is 0.757. The predicted molar refractivity (Wildman–Crippen MR) is 103 cm³/mol. The van der Waals surface area contributed by atoms with Crippen LogP contribution in [0.4, 0.5) is 4.39 Å². The summed E-state index contributed by atoms with van der Waals surface area (Å²) < 4.78 is 25.8. The number of halogens is 2. The fourth-order valence-electron chi connectivity index (χ4n) is 2.78. The number of rotatable bonds is 7. The third-order valence-electron chi connectivity index (χ3n) is 4.12. The third-order valence-corrected chi connectivity index (χ3v) is 4.42. The standard InChI is InChI=1S/C20H19ClFN3O3/c1-25-10-9-23-20(25)19(14-5-3-4-6-16(14)27-2)24-18(26)12-28-17-8-7-13(22)11-15(17)21/h3-11,19H,12H2,1-2H3,(H,24,26). The van der Waals surface area contributed by atoms with E-state index in [1.165, 1.54) is 12.1 Å². The number of ether oxygens (including phenoxy) is 2. The molecule has 1 atom stereocenters. The molecule has 0 fully saturated rings. The summed E-state index contributed by atoms with van der Waals surface area (Å²) in [7, 11) is 3.40. The number of hydrogen-bond acceptors (Lipinski definition) is 4. The largest absolute Gasteiger partial charge is 0.496 e. The highest BCUT2D eigenvalue weighted by molar-refractivity contribution is 6.32. The molecule has 0 radical (unpaired) electrons. The molecule has 6 nitrogen and oxygen atoms in total. The summed E-state index contributed by atoms with van der Waals surface area (Å²) in [4.78, 5) is 16.9. The van der Waals surface area contributed by atoms with Crippen molar-refractivity contribution in [2.45, 2.75) is 6.04 Å². The van der Waals surface area contributed by atoms with Crippen molar-refractivity contribution in [3.8, 4) is 11.5 Å². The smallest absolute Gasteiger partial charge is 0.258 e. The number of nitrogens with one attached hydrogen (secondary N) is 1. The van der Waals surface area contributed by atoms with Gasteiger partial charge in [-0.15, -0.1) is 0 Å². The van der Waals surface area contributed by atoms with E-state index in [-0.39, 0.29) is 23.3 Å². The van der Waals surface area contributed by atoms with Gasteiger partial charge in [-0.25, -0.2) is 9.37 Å². The quantitative estimate of drug-likeness (QED) is 0.655. The van der Waals surface area contributed by atoms with Gasteiger partial charge >= 0.3 is 0 Å². The number of carbonyl (C=O) groups is 1. The Morgan fingerprint density at radius 3 is 2.75 bits per heavy atom. The predicted octanol–water partition coefficient (Wildman–Crippen LogP) is 3.51. The Hall–Kier alpha value is -3.06. The molecule has 3 rings (SSSR count). The van der Waals surface area contributed by atoms with Crippen molar-refractivity contribution in [1.82, 2.24) is 14.9 Å². The van der Waals surface area contributed by atoms with Crippen LogP contribution >= 0.6 is 11.6 Å². The van der Waals surface area contributed by atoms with Gasteiger partial charge in [-0.3, -0.25) is 4.79 Å². The number of aryl methyl sites for hydroxylation is 1. The second kappa shape index (κ2) is 8.75. The van der Waals surface area contributed by atoms with Gasteiger partial charge in [-0.05, 0) is 24.3 Å². The fraction of sp³-hybridized carbons (Fsp3) is 0.200. The van der Waals surface area contributed by atoms with Crippen LogP contribution in [0.5, 0.6) is 11.5 Å². The van der Waals surface area contributed by atoms with Crippen molar-refractivity contribution in [3.05, 3.63) is 77.1 Å². The van der Waals surface area contributed by atoms with Gasteiger partial charge in [0.1, 0.15) is 29.2 Å². The van der Waals surface area contributed by atoms with Gasteiger partial charge in [0.25, 0.3) is 5.91 Å². The molecule has 3 aromatic rings. The number of amides is 1. The Kier molecular flexibility index (Phi) is 6.16. The van der Waals surface area contributed by atoms with Gasteiger partial charge in [0.15, 0.2) is 6.61 Å². The third kappa shape index (κ3) is 4.43. The van der Waals surface area contributed by atoms with Crippen molar-refractivity contribution >= 4 is 17.5 Å². The average Bonchev–Trinajstić information content (AvgIpc) is 3.11. The number of aromatic nitrogens is 2. The maximum atomic E-state index is 13.1. The molecule has 1 aromatic heterocycles. The Labute approximate surface area is 166 Å². The normalized spacial score (nSPS) is 11.7. The monoisotopic (exact) mass is 403 g/mol. The van der Waals surface area contributed by atoms with Crippen LogP contribution in [-0.2, 0) is 11.8 Å². The van der Waals surface area contributed by atoms with E-state index >= 15 is 0 Å². The molecule has 146 valence electrons. The van der Waals surface area contributed by atoms with Gasteiger partial charge < -0.3 is 19.4 Å². The van der Waals surface area contributed by atoms with Crippen LogP contribution in [-0.4, -0.2) is 29.2 Å². The van der Waals surface area contributed by atoms with E-state index in [4.69, 9.17) is 21.1 Å². The minimum atomic E-state index is -0.545. The van der Waals surface area contributed by atoms with E-state index in [9.17, 15) is 9.18 Å². The highest BCUT2D eigenvalue weighted by atomic mass is 35.5. The molecule has 8 heteroatoms. The molecule has 2 aromatic carbocycles. The highest BCUT2D eigenvalue weighted by Gasteiger charge is 2.24. The van der Waals surface area contributed by atoms with E-state index in [2.05, 4.69) is 10.3 Å². The molecule has 0 aliphatic carbocycles. The lowest BCUT2D eigenvalue weighted by Gasteiger charge is -2.21. The number of nitrogens with zero attached hydrogens (tertiary/aromatic N) is 2. The molecule has 1 unspecified atom stereocenters. The van der Waals surface area contributed by atoms with E-state index in [1.54, 1.807) is 19.5 Å². The van der Waals surface area contributed by atoms with Crippen LogP contribution < -0.4 is 14.8 Å². The number of benzene rings is 2. The van der Waals surface area contributed by atoms with Gasteiger partial charge in [0.05, 0.1) is 12.1 Å². The first kappa shape index (κ1) is 19.7. The molecule has 28 heavy (non-hydrogen) atoms. The van der Waals surface area contributed by atoms with Crippen LogP contribution in [0.25, 0.3) is 0 Å². The first-order chi connectivity index (χ1) is 13.5. The van der Waals surface area contributed by atoms with Crippen molar-refractivity contribution < 1.29 is 18.7 Å². The first-order valence-electron chi connectivity index (χ1n) is 8.47. The lowest BCUT2D eigenvalue weighted by Crippen LogP contribution is -2.34. The van der Waals surface area contributed by atoms with E-state index in [0.717, 1.165) is 11.6 Å². The lowest BCUT2D eigenvalue weighted by atomic mass is 10.0. The van der Waals surface area contributed by atoms with Crippen molar-refractivity contribution in [3.63, 3.8) is 0 Å². The number of imidazole rings is 1. The molecular formula is C20H19ClFN3O3. The Bertz CT molecular complexity index is 977. The topological polar surface area (TPSA) is 65.4 Å². The van der Waals surface area contributed by atoms with Crippen LogP contribution in [0.15, 0.2) is 54.9 Å². The summed E-state index contributed by atoms with van der Waals surface area (Å²) in [5.74, 6) is 0.618. The Morgan fingerprint density at radius 1 is 1.29 bits per heavy atom. The molecule has 1 heterocycles. The summed E-state index contributed by atoms with van der Waals surface area (Å²) in [6.07, 6.45) is 3.44. The number of hydrogen-bond donors (Lipinski definition) is 1. The highest BCUT2D eigenvalue weighted by Crippen LogP contribution is 2.29. The summed E-state index contributed by atoms with van der Waals surface area (Å²) in [6, 6.07) is 10.5. The zero-order valence-corrected chi connectivity index (χ0v) is 16.1. The van der Waals surface area contributed by atoms with Crippen molar-refractivity contribution in [1.29, 1.82) is 0 Å². The summed E-state index contributed by atoms with van der Waals surface area (Å²) >= 11 is 5.93. The molecule has 1 N–H and O–H groups in total. The molecule has 1 amide bonds. The van der Waals surface area contributed by atoms with E-state index < -0.39 is 11.9 Å².